The number of aryl methyl sites for hydroxylation is 1. The van der Waals surface area contributed by atoms with Gasteiger partial charge in [-0.15, -0.1) is 0 Å². The number of benzene rings is 1. The second-order valence-corrected chi connectivity index (χ2v) is 5.14. The van der Waals surface area contributed by atoms with Gasteiger partial charge in [0.15, 0.2) is 5.16 Å². The van der Waals surface area contributed by atoms with E-state index >= 15 is 0 Å². The molecule has 3 aromatic rings. The number of para-hydroxylation sites is 1. The van der Waals surface area contributed by atoms with Gasteiger partial charge in [0.1, 0.15) is 0 Å². The van der Waals surface area contributed by atoms with Gasteiger partial charge in [0.25, 0.3) is 0 Å². The van der Waals surface area contributed by atoms with E-state index in [-0.39, 0.29) is 0 Å². The summed E-state index contributed by atoms with van der Waals surface area (Å²) in [6, 6.07) is 12.2. The van der Waals surface area contributed by atoms with Gasteiger partial charge in [-0.3, -0.25) is 0 Å². The van der Waals surface area contributed by atoms with Gasteiger partial charge in [-0.2, -0.15) is 5.10 Å². The Morgan fingerprint density at radius 3 is 2.68 bits per heavy atom. The van der Waals surface area contributed by atoms with Crippen LogP contribution in [0.1, 0.15) is 5.69 Å². The molecule has 0 fully saturated rings. The summed E-state index contributed by atoms with van der Waals surface area (Å²) in [6.45, 7) is 0. The molecule has 0 N–H and O–H groups in total. The normalized spacial score (nSPS) is 10.8. The SMILES string of the molecule is Cn1ccnc1SCc1ccn(-c2ccccc2)n1. The van der Waals surface area contributed by atoms with Gasteiger partial charge < -0.3 is 4.57 Å². The molecule has 0 spiro atoms. The van der Waals surface area contributed by atoms with E-state index in [2.05, 4.69) is 10.1 Å². The van der Waals surface area contributed by atoms with Gasteiger partial charge in [0.05, 0.1) is 11.4 Å². The van der Waals surface area contributed by atoms with Crippen LogP contribution >= 0.6 is 11.8 Å². The quantitative estimate of drug-likeness (QED) is 0.684. The lowest BCUT2D eigenvalue weighted by Gasteiger charge is -2.00. The second-order valence-electron chi connectivity index (χ2n) is 4.20. The molecule has 1 aromatic carbocycles. The van der Waals surface area contributed by atoms with E-state index in [1.165, 1.54) is 0 Å². The molecule has 2 aromatic heterocycles. The van der Waals surface area contributed by atoms with E-state index in [0.717, 1.165) is 22.3 Å². The zero-order chi connectivity index (χ0) is 13.1. The zero-order valence-corrected chi connectivity index (χ0v) is 11.4. The number of rotatable bonds is 4. The number of imidazole rings is 1. The highest BCUT2D eigenvalue weighted by Crippen LogP contribution is 2.19. The van der Waals surface area contributed by atoms with Crippen molar-refractivity contribution in [2.24, 2.45) is 7.05 Å². The lowest BCUT2D eigenvalue weighted by Crippen LogP contribution is -1.95. The van der Waals surface area contributed by atoms with Crippen molar-refractivity contribution in [1.29, 1.82) is 0 Å². The molecule has 96 valence electrons. The fourth-order valence-corrected chi connectivity index (χ4v) is 2.62. The predicted octanol–water partition coefficient (Wildman–Crippen LogP) is 2.90. The summed E-state index contributed by atoms with van der Waals surface area (Å²) >= 11 is 1.69. The minimum absolute atomic E-state index is 0.824. The van der Waals surface area contributed by atoms with E-state index in [4.69, 9.17) is 0 Å². The maximum absolute atomic E-state index is 4.57. The third-order valence-corrected chi connectivity index (χ3v) is 3.88. The number of hydrogen-bond donors (Lipinski definition) is 0. The molecule has 3 rings (SSSR count). The van der Waals surface area contributed by atoms with Crippen LogP contribution in [0.3, 0.4) is 0 Å². The van der Waals surface area contributed by atoms with Gasteiger partial charge in [0.2, 0.25) is 0 Å². The Morgan fingerprint density at radius 2 is 1.95 bits per heavy atom. The van der Waals surface area contributed by atoms with E-state index in [9.17, 15) is 0 Å². The van der Waals surface area contributed by atoms with Gasteiger partial charge in [0, 0.05) is 31.4 Å². The van der Waals surface area contributed by atoms with Crippen molar-refractivity contribution in [3.05, 3.63) is 60.7 Å². The monoisotopic (exact) mass is 270 g/mol. The van der Waals surface area contributed by atoms with Crippen LogP contribution in [0.25, 0.3) is 5.69 Å². The highest BCUT2D eigenvalue weighted by molar-refractivity contribution is 7.98. The molecule has 0 bridgehead atoms. The molecule has 0 aliphatic heterocycles. The first-order valence-corrected chi connectivity index (χ1v) is 7.01. The topological polar surface area (TPSA) is 35.6 Å². The summed E-state index contributed by atoms with van der Waals surface area (Å²) in [4.78, 5) is 4.29. The van der Waals surface area contributed by atoms with Crippen molar-refractivity contribution >= 4 is 11.8 Å². The largest absolute Gasteiger partial charge is 0.329 e. The predicted molar refractivity (Wildman–Crippen MR) is 76.3 cm³/mol. The first kappa shape index (κ1) is 12.0. The molecule has 19 heavy (non-hydrogen) atoms. The van der Waals surface area contributed by atoms with Crippen molar-refractivity contribution in [2.75, 3.05) is 0 Å². The Labute approximate surface area is 116 Å². The van der Waals surface area contributed by atoms with Crippen LogP contribution in [0.5, 0.6) is 0 Å². The zero-order valence-electron chi connectivity index (χ0n) is 10.6. The van der Waals surface area contributed by atoms with Crippen LogP contribution in [0.15, 0.2) is 60.1 Å². The first-order valence-electron chi connectivity index (χ1n) is 6.03. The lowest BCUT2D eigenvalue weighted by molar-refractivity contribution is 0.789. The average Bonchev–Trinajstić information content (AvgIpc) is 3.06. The Bertz CT molecular complexity index is 657. The maximum atomic E-state index is 4.57. The standard InChI is InChI=1S/C14H14N4S/c1-17-10-8-15-14(17)19-11-12-7-9-18(16-12)13-5-3-2-4-6-13/h2-10H,11H2,1H3. The Hall–Kier alpha value is -2.01. The van der Waals surface area contributed by atoms with Crippen molar-refractivity contribution in [3.8, 4) is 5.69 Å². The van der Waals surface area contributed by atoms with E-state index in [0.29, 0.717) is 0 Å². The van der Waals surface area contributed by atoms with E-state index < -0.39 is 0 Å². The first-order chi connectivity index (χ1) is 9.33. The number of aromatic nitrogens is 4. The maximum Gasteiger partial charge on any atom is 0.168 e. The highest BCUT2D eigenvalue weighted by Gasteiger charge is 2.04. The van der Waals surface area contributed by atoms with Crippen LogP contribution in [-0.2, 0) is 12.8 Å². The smallest absolute Gasteiger partial charge is 0.168 e. The van der Waals surface area contributed by atoms with Gasteiger partial charge in [-0.05, 0) is 18.2 Å². The number of nitrogens with zero attached hydrogens (tertiary/aromatic N) is 4. The van der Waals surface area contributed by atoms with Crippen molar-refractivity contribution in [2.45, 2.75) is 10.9 Å². The molecule has 0 saturated carbocycles. The average molecular weight is 270 g/mol. The highest BCUT2D eigenvalue weighted by atomic mass is 32.2. The number of thioether (sulfide) groups is 1. The summed E-state index contributed by atoms with van der Waals surface area (Å²) in [5, 5.41) is 5.58. The molecule has 0 radical (unpaired) electrons. The fourth-order valence-electron chi connectivity index (χ4n) is 1.79. The summed E-state index contributed by atoms with van der Waals surface area (Å²) in [7, 11) is 2.00. The molecule has 0 amide bonds. The summed E-state index contributed by atoms with van der Waals surface area (Å²) in [5.74, 6) is 0.824. The second kappa shape index (κ2) is 5.32. The fraction of sp³-hybridized carbons (Fsp3) is 0.143. The van der Waals surface area contributed by atoms with E-state index in [1.807, 2.05) is 71.3 Å². The summed E-state index contributed by atoms with van der Waals surface area (Å²) in [5.41, 5.74) is 2.13. The minimum Gasteiger partial charge on any atom is -0.329 e. The molecule has 5 heteroatoms. The van der Waals surface area contributed by atoms with Crippen LogP contribution in [0, 0.1) is 0 Å². The Kier molecular flexibility index (Phi) is 3.37. The van der Waals surface area contributed by atoms with Crippen LogP contribution in [-0.4, -0.2) is 19.3 Å². The third-order valence-electron chi connectivity index (χ3n) is 2.79. The Morgan fingerprint density at radius 1 is 1.11 bits per heavy atom. The van der Waals surface area contributed by atoms with Gasteiger partial charge >= 0.3 is 0 Å². The number of hydrogen-bond acceptors (Lipinski definition) is 3. The molecule has 0 saturated heterocycles. The summed E-state index contributed by atoms with van der Waals surface area (Å²) in [6.07, 6.45) is 5.75. The van der Waals surface area contributed by atoms with Gasteiger partial charge in [-0.1, -0.05) is 30.0 Å². The van der Waals surface area contributed by atoms with Crippen LogP contribution in [0.2, 0.25) is 0 Å². The van der Waals surface area contributed by atoms with Crippen molar-refractivity contribution < 1.29 is 0 Å². The van der Waals surface area contributed by atoms with Gasteiger partial charge in [-0.25, -0.2) is 9.67 Å². The molecule has 0 atom stereocenters. The van der Waals surface area contributed by atoms with Crippen LogP contribution in [0.4, 0.5) is 0 Å². The lowest BCUT2D eigenvalue weighted by atomic mass is 10.3. The molecular weight excluding hydrogens is 256 g/mol. The molecule has 2 heterocycles. The summed E-state index contributed by atoms with van der Waals surface area (Å²) < 4.78 is 3.91. The van der Waals surface area contributed by atoms with Crippen LogP contribution < -0.4 is 0 Å². The molecule has 0 aliphatic rings. The molecule has 4 nitrogen and oxygen atoms in total. The van der Waals surface area contributed by atoms with Crippen molar-refractivity contribution in [3.63, 3.8) is 0 Å². The third kappa shape index (κ3) is 2.71. The Balaban J connectivity index is 1.70. The van der Waals surface area contributed by atoms with Crippen molar-refractivity contribution in [1.82, 2.24) is 19.3 Å². The van der Waals surface area contributed by atoms with E-state index in [1.54, 1.807) is 11.8 Å². The molecule has 0 unspecified atom stereocenters. The molecular formula is C14H14N4S. The minimum atomic E-state index is 0.824. The molecule has 0 aliphatic carbocycles.